The van der Waals surface area contributed by atoms with Crippen LogP contribution in [0.1, 0.15) is 53.4 Å². The Hall–Kier alpha value is 0.0969. The molecule has 0 atom stereocenters. The van der Waals surface area contributed by atoms with Crippen molar-refractivity contribution in [2.75, 3.05) is 19.8 Å². The summed E-state index contributed by atoms with van der Waals surface area (Å²) in [6.07, 6.45) is 4.46. The highest BCUT2D eigenvalue weighted by atomic mass is 28.4. The van der Waals surface area contributed by atoms with E-state index in [-0.39, 0.29) is 0 Å². The topological polar surface area (TPSA) is 27.7 Å². The molecule has 0 aliphatic heterocycles. The zero-order chi connectivity index (χ0) is 12.3. The lowest BCUT2D eigenvalue weighted by atomic mass is 10.4. The summed E-state index contributed by atoms with van der Waals surface area (Å²) in [6.45, 7) is 10.6. The Morgan fingerprint density at radius 2 is 1.25 bits per heavy atom. The maximum absolute atomic E-state index is 5.90. The maximum Gasteiger partial charge on any atom is 0.500 e. The third kappa shape index (κ3) is 6.63. The predicted octanol–water partition coefficient (Wildman–Crippen LogP) is 3.62. The van der Waals surface area contributed by atoms with Crippen molar-refractivity contribution in [1.29, 1.82) is 0 Å². The number of hydrogen-bond acceptors (Lipinski definition) is 3. The van der Waals surface area contributed by atoms with Crippen molar-refractivity contribution in [3.8, 4) is 0 Å². The fourth-order valence-corrected chi connectivity index (χ4v) is 3.61. The lowest BCUT2D eigenvalue weighted by molar-refractivity contribution is 0.0622. The second-order valence-electron chi connectivity index (χ2n) is 3.87. The van der Waals surface area contributed by atoms with E-state index in [1.165, 1.54) is 0 Å². The van der Waals surface area contributed by atoms with Gasteiger partial charge in [-0.3, -0.25) is 0 Å². The largest absolute Gasteiger partial charge is 0.500 e. The van der Waals surface area contributed by atoms with Crippen LogP contribution in [0.5, 0.6) is 0 Å². The molecule has 0 aliphatic carbocycles. The Morgan fingerprint density at radius 3 is 1.56 bits per heavy atom. The summed E-state index contributed by atoms with van der Waals surface area (Å²) < 4.78 is 17.6. The maximum atomic E-state index is 5.90. The van der Waals surface area contributed by atoms with E-state index in [2.05, 4.69) is 20.8 Å². The Labute approximate surface area is 102 Å². The van der Waals surface area contributed by atoms with Crippen LogP contribution in [0.4, 0.5) is 0 Å². The first-order valence-electron chi connectivity index (χ1n) is 6.66. The van der Waals surface area contributed by atoms with Crippen molar-refractivity contribution >= 4 is 8.80 Å². The molecule has 0 amide bonds. The highest BCUT2D eigenvalue weighted by molar-refractivity contribution is 6.60. The Bertz CT molecular complexity index is 143. The van der Waals surface area contributed by atoms with Crippen molar-refractivity contribution in [2.45, 2.75) is 59.4 Å². The molecule has 0 aromatic carbocycles. The van der Waals surface area contributed by atoms with E-state index < -0.39 is 8.80 Å². The van der Waals surface area contributed by atoms with Crippen LogP contribution < -0.4 is 0 Å². The molecule has 0 heterocycles. The fraction of sp³-hybridized carbons (Fsp3) is 1.00. The minimum absolute atomic E-state index is 0.679. The molecule has 0 unspecified atom stereocenters. The van der Waals surface area contributed by atoms with Crippen LogP contribution in [0.3, 0.4) is 0 Å². The molecule has 0 bridgehead atoms. The van der Waals surface area contributed by atoms with E-state index in [0.717, 1.165) is 44.9 Å². The van der Waals surface area contributed by atoms with Crippen molar-refractivity contribution in [3.63, 3.8) is 0 Å². The number of unbranched alkanes of at least 4 members (excludes halogenated alkanes) is 2. The van der Waals surface area contributed by atoms with Crippen LogP contribution in [-0.2, 0) is 13.3 Å². The molecule has 0 rings (SSSR count). The first-order valence-corrected chi connectivity index (χ1v) is 8.59. The van der Waals surface area contributed by atoms with Crippen molar-refractivity contribution in [2.24, 2.45) is 0 Å². The Balaban J connectivity index is 4.09. The number of hydrogen-bond donors (Lipinski definition) is 0. The molecule has 16 heavy (non-hydrogen) atoms. The molecule has 0 aliphatic rings. The van der Waals surface area contributed by atoms with Crippen molar-refractivity contribution < 1.29 is 13.3 Å². The normalized spacial score (nSPS) is 12.0. The molecule has 0 fully saturated rings. The molecular weight excluding hydrogens is 220 g/mol. The molecule has 0 saturated heterocycles. The standard InChI is InChI=1S/C12H28O3Si/c1-5-9-11-14-16(8-4,13-7-3)15-12-10-6-2/h5-12H2,1-4H3. The van der Waals surface area contributed by atoms with Gasteiger partial charge in [-0.25, -0.2) is 0 Å². The van der Waals surface area contributed by atoms with Crippen LogP contribution in [-0.4, -0.2) is 28.6 Å². The van der Waals surface area contributed by atoms with Crippen LogP contribution in [0.25, 0.3) is 0 Å². The molecular formula is C12H28O3Si. The molecule has 3 nitrogen and oxygen atoms in total. The van der Waals surface area contributed by atoms with Crippen molar-refractivity contribution in [1.82, 2.24) is 0 Å². The smallest absolute Gasteiger partial charge is 0.374 e. The third-order valence-corrected chi connectivity index (χ3v) is 5.32. The summed E-state index contributed by atoms with van der Waals surface area (Å²) >= 11 is 0. The molecule has 0 radical (unpaired) electrons. The summed E-state index contributed by atoms with van der Waals surface area (Å²) in [6, 6.07) is 0.869. The molecule has 0 N–H and O–H groups in total. The Morgan fingerprint density at radius 1 is 0.750 bits per heavy atom. The van der Waals surface area contributed by atoms with Gasteiger partial charge in [0.15, 0.2) is 0 Å². The van der Waals surface area contributed by atoms with Gasteiger partial charge < -0.3 is 13.3 Å². The summed E-state index contributed by atoms with van der Waals surface area (Å²) in [5.41, 5.74) is 0. The van der Waals surface area contributed by atoms with Gasteiger partial charge in [0.05, 0.1) is 0 Å². The minimum atomic E-state index is -2.34. The lowest BCUT2D eigenvalue weighted by Gasteiger charge is -2.28. The highest BCUT2D eigenvalue weighted by Crippen LogP contribution is 2.16. The number of rotatable bonds is 11. The second-order valence-corrected chi connectivity index (χ2v) is 6.81. The lowest BCUT2D eigenvalue weighted by Crippen LogP contribution is -2.45. The SMILES string of the molecule is CCCCO[Si](CC)(OCC)OCCCC. The molecule has 98 valence electrons. The van der Waals surface area contributed by atoms with Gasteiger partial charge in [-0.1, -0.05) is 33.6 Å². The van der Waals surface area contributed by atoms with E-state index in [0.29, 0.717) is 6.61 Å². The van der Waals surface area contributed by atoms with Crippen molar-refractivity contribution in [3.05, 3.63) is 0 Å². The van der Waals surface area contributed by atoms with Crippen LogP contribution in [0.2, 0.25) is 6.04 Å². The van der Waals surface area contributed by atoms with E-state index in [4.69, 9.17) is 13.3 Å². The first-order chi connectivity index (χ1) is 7.74. The van der Waals surface area contributed by atoms with E-state index >= 15 is 0 Å². The predicted molar refractivity (Wildman–Crippen MR) is 69.6 cm³/mol. The zero-order valence-corrected chi connectivity index (χ0v) is 12.4. The van der Waals surface area contributed by atoms with Gasteiger partial charge in [0.2, 0.25) is 0 Å². The molecule has 0 aromatic heterocycles. The molecule has 0 saturated carbocycles. The average molecular weight is 248 g/mol. The van der Waals surface area contributed by atoms with E-state index in [1.54, 1.807) is 0 Å². The fourth-order valence-electron chi connectivity index (χ4n) is 1.40. The van der Waals surface area contributed by atoms with E-state index in [1.807, 2.05) is 6.92 Å². The van der Waals surface area contributed by atoms with Crippen LogP contribution >= 0.6 is 0 Å². The van der Waals surface area contributed by atoms with Gasteiger partial charge in [0.25, 0.3) is 0 Å². The van der Waals surface area contributed by atoms with Gasteiger partial charge in [-0.15, -0.1) is 0 Å². The summed E-state index contributed by atoms with van der Waals surface area (Å²) in [5, 5.41) is 0. The van der Waals surface area contributed by atoms with Crippen LogP contribution in [0, 0.1) is 0 Å². The summed E-state index contributed by atoms with van der Waals surface area (Å²) in [4.78, 5) is 0. The van der Waals surface area contributed by atoms with Gasteiger partial charge in [0.1, 0.15) is 0 Å². The molecule has 0 aromatic rings. The molecule has 0 spiro atoms. The summed E-state index contributed by atoms with van der Waals surface area (Å²) in [5.74, 6) is 0. The monoisotopic (exact) mass is 248 g/mol. The van der Waals surface area contributed by atoms with E-state index in [9.17, 15) is 0 Å². The second kappa shape index (κ2) is 10.3. The minimum Gasteiger partial charge on any atom is -0.374 e. The summed E-state index contributed by atoms with van der Waals surface area (Å²) in [7, 11) is -2.34. The average Bonchev–Trinajstić information content (AvgIpc) is 2.29. The van der Waals surface area contributed by atoms with Gasteiger partial charge in [0, 0.05) is 25.9 Å². The van der Waals surface area contributed by atoms with Crippen LogP contribution in [0.15, 0.2) is 0 Å². The van der Waals surface area contributed by atoms with Gasteiger partial charge in [-0.2, -0.15) is 0 Å². The van der Waals surface area contributed by atoms with Gasteiger partial charge >= 0.3 is 8.80 Å². The highest BCUT2D eigenvalue weighted by Gasteiger charge is 2.38. The Kier molecular flexibility index (Phi) is 10.3. The first kappa shape index (κ1) is 16.1. The molecule has 4 heteroatoms. The third-order valence-electron chi connectivity index (χ3n) is 2.44. The zero-order valence-electron chi connectivity index (χ0n) is 11.4. The van der Waals surface area contributed by atoms with Gasteiger partial charge in [-0.05, 0) is 19.8 Å². The quantitative estimate of drug-likeness (QED) is 0.413.